The van der Waals surface area contributed by atoms with Crippen molar-refractivity contribution in [2.75, 3.05) is 25.9 Å². The zero-order chi connectivity index (χ0) is 16.6. The van der Waals surface area contributed by atoms with Crippen molar-refractivity contribution in [3.8, 4) is 0 Å². The van der Waals surface area contributed by atoms with Gasteiger partial charge in [-0.15, -0.1) is 0 Å². The Bertz CT molecular complexity index is 447. The maximum absolute atomic E-state index is 12.4. The van der Waals surface area contributed by atoms with E-state index in [4.69, 9.17) is 4.55 Å². The van der Waals surface area contributed by atoms with Crippen LogP contribution in [0.25, 0.3) is 0 Å². The number of likely N-dealkylation sites (N-methyl/N-ethyl adjacent to an activating group) is 1. The fraction of sp³-hybridized carbons (Fsp3) is 0.846. The fourth-order valence-corrected chi connectivity index (χ4v) is 2.24. The van der Waals surface area contributed by atoms with Gasteiger partial charge in [-0.3, -0.25) is 14.1 Å². The monoisotopic (exact) mass is 322 g/mol. The average Bonchev–Trinajstić information content (AvgIpc) is 2.33. The van der Waals surface area contributed by atoms with E-state index in [0.29, 0.717) is 18.9 Å². The number of rotatable bonds is 10. The van der Waals surface area contributed by atoms with Crippen molar-refractivity contribution < 1.29 is 22.6 Å². The normalized spacial score (nSPS) is 13.2. The molecule has 0 aromatic heterocycles. The minimum absolute atomic E-state index is 0.0549. The van der Waals surface area contributed by atoms with Crippen molar-refractivity contribution in [1.29, 1.82) is 0 Å². The lowest BCUT2D eigenvalue weighted by Gasteiger charge is -2.27. The Morgan fingerprint density at radius 1 is 1.24 bits per heavy atom. The first-order valence-corrected chi connectivity index (χ1v) is 8.58. The molecule has 0 bridgehead atoms. The summed E-state index contributed by atoms with van der Waals surface area (Å²) in [5.41, 5.74) is 0. The minimum Gasteiger partial charge on any atom is -0.340 e. The first kappa shape index (κ1) is 20.0. The highest BCUT2D eigenvalue weighted by molar-refractivity contribution is 7.85. The summed E-state index contributed by atoms with van der Waals surface area (Å²) in [6.07, 6.45) is 0.771. The van der Waals surface area contributed by atoms with Crippen molar-refractivity contribution in [3.63, 3.8) is 0 Å². The van der Waals surface area contributed by atoms with Gasteiger partial charge < -0.3 is 10.2 Å². The van der Waals surface area contributed by atoms with Crippen molar-refractivity contribution in [1.82, 2.24) is 10.2 Å². The summed E-state index contributed by atoms with van der Waals surface area (Å²) >= 11 is 0. The van der Waals surface area contributed by atoms with Crippen LogP contribution >= 0.6 is 0 Å². The molecule has 0 saturated heterocycles. The number of Topliss-reactive ketones (excluding diaryl/α,β-unsaturated/α-hetero) is 1. The van der Waals surface area contributed by atoms with E-state index in [-0.39, 0.29) is 24.7 Å². The molecule has 0 aliphatic carbocycles. The Morgan fingerprint density at radius 3 is 2.19 bits per heavy atom. The van der Waals surface area contributed by atoms with Crippen LogP contribution in [0.4, 0.5) is 0 Å². The van der Waals surface area contributed by atoms with Gasteiger partial charge in [0.25, 0.3) is 10.1 Å². The molecule has 7 nitrogen and oxygen atoms in total. The summed E-state index contributed by atoms with van der Waals surface area (Å²) in [4.78, 5) is 24.9. The lowest BCUT2D eigenvalue weighted by atomic mass is 10.1. The third-order valence-corrected chi connectivity index (χ3v) is 3.74. The highest BCUT2D eigenvalue weighted by atomic mass is 32.2. The van der Waals surface area contributed by atoms with Crippen LogP contribution in [0.15, 0.2) is 0 Å². The summed E-state index contributed by atoms with van der Waals surface area (Å²) in [5.74, 6) is -0.599. The first-order chi connectivity index (χ1) is 9.56. The molecule has 0 rings (SSSR count). The number of hydrogen-bond donors (Lipinski definition) is 2. The van der Waals surface area contributed by atoms with Crippen LogP contribution in [-0.4, -0.2) is 61.5 Å². The molecule has 21 heavy (non-hydrogen) atoms. The van der Waals surface area contributed by atoms with Gasteiger partial charge in [-0.25, -0.2) is 0 Å². The van der Waals surface area contributed by atoms with Gasteiger partial charge in [0.05, 0.1) is 11.8 Å². The Labute approximate surface area is 126 Å². The highest BCUT2D eigenvalue weighted by Crippen LogP contribution is 2.07. The fourth-order valence-electron chi connectivity index (χ4n) is 1.79. The predicted molar refractivity (Wildman–Crippen MR) is 80.6 cm³/mol. The van der Waals surface area contributed by atoms with Gasteiger partial charge >= 0.3 is 0 Å². The summed E-state index contributed by atoms with van der Waals surface area (Å²) in [6.45, 7) is 5.70. The third-order valence-electron chi connectivity index (χ3n) is 3.05. The molecule has 8 heteroatoms. The minimum atomic E-state index is -4.13. The number of nitrogens with one attached hydrogen (secondary N) is 1. The van der Waals surface area contributed by atoms with Crippen LogP contribution < -0.4 is 5.32 Å². The molecule has 0 radical (unpaired) electrons. The van der Waals surface area contributed by atoms with Crippen LogP contribution in [0.1, 0.15) is 33.6 Å². The van der Waals surface area contributed by atoms with Gasteiger partial charge in [-0.05, 0) is 26.3 Å². The molecule has 1 amide bonds. The van der Waals surface area contributed by atoms with Gasteiger partial charge in [0.15, 0.2) is 0 Å². The number of nitrogens with zero attached hydrogens (tertiary/aromatic N) is 1. The van der Waals surface area contributed by atoms with Crippen LogP contribution in [0.2, 0.25) is 0 Å². The lowest BCUT2D eigenvalue weighted by molar-refractivity contribution is -0.135. The van der Waals surface area contributed by atoms with E-state index < -0.39 is 21.9 Å². The van der Waals surface area contributed by atoms with E-state index in [9.17, 15) is 18.0 Å². The molecular formula is C13H26N2O5S. The molecule has 1 unspecified atom stereocenters. The second kappa shape index (κ2) is 9.11. The average molecular weight is 322 g/mol. The van der Waals surface area contributed by atoms with Crippen LogP contribution in [0.5, 0.6) is 0 Å². The predicted octanol–water partition coefficient (Wildman–Crippen LogP) is 0.316. The first-order valence-electron chi connectivity index (χ1n) is 6.97. The Morgan fingerprint density at radius 2 is 1.81 bits per heavy atom. The number of amides is 1. The number of hydrogen-bond acceptors (Lipinski definition) is 5. The van der Waals surface area contributed by atoms with Gasteiger partial charge in [-0.2, -0.15) is 8.42 Å². The van der Waals surface area contributed by atoms with Crippen molar-refractivity contribution >= 4 is 21.8 Å². The number of carbonyl (C=O) groups excluding carboxylic acids is 2. The molecule has 0 spiro atoms. The largest absolute Gasteiger partial charge is 0.340 e. The second-order valence-corrected chi connectivity index (χ2v) is 7.11. The quantitative estimate of drug-likeness (QED) is 0.561. The molecule has 0 heterocycles. The van der Waals surface area contributed by atoms with Crippen molar-refractivity contribution in [3.05, 3.63) is 0 Å². The molecule has 124 valence electrons. The summed E-state index contributed by atoms with van der Waals surface area (Å²) in [5, 5.41) is 2.77. The molecule has 0 saturated carbocycles. The lowest BCUT2D eigenvalue weighted by Crippen LogP contribution is -2.48. The van der Waals surface area contributed by atoms with E-state index in [1.165, 1.54) is 11.8 Å². The zero-order valence-corrected chi connectivity index (χ0v) is 13.9. The van der Waals surface area contributed by atoms with Crippen molar-refractivity contribution in [2.45, 2.75) is 39.7 Å². The van der Waals surface area contributed by atoms with E-state index in [1.54, 1.807) is 7.05 Å². The Balaban J connectivity index is 4.89. The van der Waals surface area contributed by atoms with Gasteiger partial charge in [0.1, 0.15) is 5.78 Å². The molecule has 0 aliphatic heterocycles. The second-order valence-electron chi connectivity index (χ2n) is 5.54. The summed E-state index contributed by atoms with van der Waals surface area (Å²) < 4.78 is 30.6. The van der Waals surface area contributed by atoms with Gasteiger partial charge in [0, 0.05) is 19.5 Å². The highest BCUT2D eigenvalue weighted by Gasteiger charge is 2.25. The molecule has 1 atom stereocenters. The SMILES string of the molecule is CNC(CC(C)=O)C(=O)N(CCC(C)C)CCS(=O)(=O)O. The third kappa shape index (κ3) is 9.54. The van der Waals surface area contributed by atoms with E-state index in [1.807, 2.05) is 13.8 Å². The van der Waals surface area contributed by atoms with Crippen LogP contribution in [0.3, 0.4) is 0 Å². The van der Waals surface area contributed by atoms with Gasteiger partial charge in [-0.1, -0.05) is 13.8 Å². The van der Waals surface area contributed by atoms with Crippen molar-refractivity contribution in [2.24, 2.45) is 5.92 Å². The summed E-state index contributed by atoms with van der Waals surface area (Å²) in [6, 6.07) is -0.670. The van der Waals surface area contributed by atoms with E-state index in [2.05, 4.69) is 5.32 Å². The van der Waals surface area contributed by atoms with Crippen LogP contribution in [-0.2, 0) is 19.7 Å². The number of ketones is 1. The molecule has 0 aromatic carbocycles. The maximum atomic E-state index is 12.4. The molecule has 2 N–H and O–H groups in total. The smallest absolute Gasteiger partial charge is 0.266 e. The molecule has 0 aromatic rings. The molecule has 0 aliphatic rings. The summed E-state index contributed by atoms with van der Waals surface area (Å²) in [7, 11) is -2.55. The number of carbonyl (C=O) groups is 2. The molecule has 0 fully saturated rings. The van der Waals surface area contributed by atoms with Gasteiger partial charge in [0.2, 0.25) is 5.91 Å². The van der Waals surface area contributed by atoms with Crippen LogP contribution in [0, 0.1) is 5.92 Å². The topological polar surface area (TPSA) is 104 Å². The molecular weight excluding hydrogens is 296 g/mol. The van der Waals surface area contributed by atoms with E-state index >= 15 is 0 Å². The Kier molecular flexibility index (Phi) is 8.68. The zero-order valence-electron chi connectivity index (χ0n) is 13.1. The maximum Gasteiger partial charge on any atom is 0.266 e. The Hall–Kier alpha value is -0.990. The standard InChI is InChI=1S/C13H26N2O5S/c1-10(2)5-6-15(7-8-21(18,19)20)13(17)12(14-4)9-11(3)16/h10,12,14H,5-9H2,1-4H3,(H,18,19,20). The van der Waals surface area contributed by atoms with E-state index in [0.717, 1.165) is 0 Å².